The van der Waals surface area contributed by atoms with Gasteiger partial charge in [0.2, 0.25) is 0 Å². The average molecular weight is 343 g/mol. The number of carbonyl (C=O) groups excluding carboxylic acids is 1. The van der Waals surface area contributed by atoms with Gasteiger partial charge in [0.05, 0.1) is 48.2 Å². The van der Waals surface area contributed by atoms with Gasteiger partial charge in [0.25, 0.3) is 0 Å². The zero-order valence-corrected chi connectivity index (χ0v) is 15.0. The molecule has 0 saturated carbocycles. The molecule has 0 aliphatic carbocycles. The molecule has 25 heavy (non-hydrogen) atoms. The normalized spacial score (nSPS) is 16.0. The van der Waals surface area contributed by atoms with Crippen LogP contribution in [0.5, 0.6) is 0 Å². The van der Waals surface area contributed by atoms with Crippen LogP contribution in [-0.2, 0) is 11.2 Å². The molecule has 7 nitrogen and oxygen atoms in total. The highest BCUT2D eigenvalue weighted by atomic mass is 16.5. The fourth-order valence-electron chi connectivity index (χ4n) is 3.33. The number of rotatable bonds is 5. The minimum absolute atomic E-state index is 0.384. The quantitative estimate of drug-likeness (QED) is 0.842. The van der Waals surface area contributed by atoms with E-state index in [9.17, 15) is 4.79 Å². The van der Waals surface area contributed by atoms with Gasteiger partial charge in [-0.1, -0.05) is 6.92 Å². The Balaban J connectivity index is 1.86. The Bertz CT molecular complexity index is 735. The molecule has 7 heteroatoms. The van der Waals surface area contributed by atoms with Crippen molar-refractivity contribution in [1.29, 1.82) is 0 Å². The van der Waals surface area contributed by atoms with Crippen LogP contribution in [0.3, 0.4) is 0 Å². The van der Waals surface area contributed by atoms with Crippen LogP contribution in [0.2, 0.25) is 0 Å². The van der Waals surface area contributed by atoms with Gasteiger partial charge in [-0.05, 0) is 45.5 Å². The number of anilines is 2. The minimum atomic E-state index is -0.384. The van der Waals surface area contributed by atoms with Crippen LogP contribution < -0.4 is 5.32 Å². The number of nitrogens with zero attached hydrogens (tertiary/aromatic N) is 4. The number of aromatic nitrogens is 3. The number of piperidine rings is 1. The van der Waals surface area contributed by atoms with Gasteiger partial charge in [0.1, 0.15) is 0 Å². The highest BCUT2D eigenvalue weighted by molar-refractivity contribution is 5.96. The third-order valence-electron chi connectivity index (χ3n) is 4.76. The number of carbonyl (C=O) groups is 1. The van der Waals surface area contributed by atoms with E-state index in [0.717, 1.165) is 43.7 Å². The van der Waals surface area contributed by atoms with Crippen LogP contribution in [0, 0.1) is 0 Å². The second kappa shape index (κ2) is 7.65. The molecule has 0 unspecified atom stereocenters. The van der Waals surface area contributed by atoms with E-state index in [1.807, 2.05) is 6.20 Å². The van der Waals surface area contributed by atoms with Crippen LogP contribution in [0.15, 0.2) is 24.7 Å². The predicted molar refractivity (Wildman–Crippen MR) is 96.2 cm³/mol. The maximum atomic E-state index is 11.9. The summed E-state index contributed by atoms with van der Waals surface area (Å²) in [6.07, 6.45) is 8.13. The molecule has 1 N–H and O–H groups in total. The van der Waals surface area contributed by atoms with Gasteiger partial charge in [-0.25, -0.2) is 4.79 Å². The standard InChI is InChI=1S/C18H25N5O2/c1-4-17-16(12-20-23(17)13-6-9-22(2)10-7-13)21-15-11-19-8-5-14(15)18(24)25-3/h5,8,11-13,21H,4,6-7,9-10H2,1-3H3. The Morgan fingerprint density at radius 2 is 2.08 bits per heavy atom. The third kappa shape index (κ3) is 3.66. The number of hydrogen-bond acceptors (Lipinski definition) is 6. The summed E-state index contributed by atoms with van der Waals surface area (Å²) in [4.78, 5) is 18.4. The molecule has 3 rings (SSSR count). The molecule has 1 fully saturated rings. The van der Waals surface area contributed by atoms with E-state index < -0.39 is 0 Å². The lowest BCUT2D eigenvalue weighted by atomic mass is 10.1. The van der Waals surface area contributed by atoms with Gasteiger partial charge in [-0.2, -0.15) is 5.10 Å². The lowest BCUT2D eigenvalue weighted by Gasteiger charge is -2.30. The van der Waals surface area contributed by atoms with E-state index in [1.54, 1.807) is 18.5 Å². The minimum Gasteiger partial charge on any atom is -0.465 e. The summed E-state index contributed by atoms with van der Waals surface area (Å²) in [5.74, 6) is -0.384. The lowest BCUT2D eigenvalue weighted by molar-refractivity contribution is 0.0602. The first-order chi connectivity index (χ1) is 12.1. The molecule has 1 aliphatic heterocycles. The van der Waals surface area contributed by atoms with E-state index in [4.69, 9.17) is 4.74 Å². The van der Waals surface area contributed by atoms with Crippen LogP contribution in [0.4, 0.5) is 11.4 Å². The van der Waals surface area contributed by atoms with Gasteiger partial charge in [0, 0.05) is 6.20 Å². The van der Waals surface area contributed by atoms with Crippen molar-refractivity contribution in [3.05, 3.63) is 35.9 Å². The lowest BCUT2D eigenvalue weighted by Crippen LogP contribution is -2.32. The van der Waals surface area contributed by atoms with Crippen molar-refractivity contribution in [2.24, 2.45) is 0 Å². The van der Waals surface area contributed by atoms with E-state index >= 15 is 0 Å². The number of nitrogens with one attached hydrogen (secondary N) is 1. The van der Waals surface area contributed by atoms with Crippen LogP contribution >= 0.6 is 0 Å². The smallest absolute Gasteiger partial charge is 0.340 e. The number of likely N-dealkylation sites (tertiary alicyclic amines) is 1. The van der Waals surface area contributed by atoms with Gasteiger partial charge < -0.3 is 15.0 Å². The zero-order chi connectivity index (χ0) is 17.8. The van der Waals surface area contributed by atoms with Crippen LogP contribution in [0.25, 0.3) is 0 Å². The van der Waals surface area contributed by atoms with E-state index in [1.165, 1.54) is 7.11 Å². The van der Waals surface area contributed by atoms with Crippen molar-refractivity contribution in [1.82, 2.24) is 19.7 Å². The Labute approximate surface area is 148 Å². The fourth-order valence-corrected chi connectivity index (χ4v) is 3.33. The summed E-state index contributed by atoms with van der Waals surface area (Å²) in [7, 11) is 3.53. The number of pyridine rings is 1. The molecule has 1 aliphatic rings. The highest BCUT2D eigenvalue weighted by Gasteiger charge is 2.23. The van der Waals surface area contributed by atoms with Gasteiger partial charge in [-0.3, -0.25) is 9.67 Å². The molecule has 0 aromatic carbocycles. The highest BCUT2D eigenvalue weighted by Crippen LogP contribution is 2.29. The summed E-state index contributed by atoms with van der Waals surface area (Å²) in [5, 5.41) is 7.94. The Kier molecular flexibility index (Phi) is 5.33. The number of ether oxygens (including phenoxy) is 1. The molecule has 3 heterocycles. The third-order valence-corrected chi connectivity index (χ3v) is 4.76. The van der Waals surface area contributed by atoms with Gasteiger partial charge in [-0.15, -0.1) is 0 Å². The molecular weight excluding hydrogens is 318 g/mol. The maximum Gasteiger partial charge on any atom is 0.340 e. The van der Waals surface area contributed by atoms with E-state index in [0.29, 0.717) is 17.3 Å². The Morgan fingerprint density at radius 1 is 1.32 bits per heavy atom. The van der Waals surface area contributed by atoms with Crippen LogP contribution in [-0.4, -0.2) is 52.9 Å². The van der Waals surface area contributed by atoms with Crippen molar-refractivity contribution in [2.45, 2.75) is 32.2 Å². The Morgan fingerprint density at radius 3 is 2.76 bits per heavy atom. The maximum absolute atomic E-state index is 11.9. The average Bonchev–Trinajstić information content (AvgIpc) is 3.04. The molecule has 0 atom stereocenters. The predicted octanol–water partition coefficient (Wildman–Crippen LogP) is 2.64. The zero-order valence-electron chi connectivity index (χ0n) is 15.0. The topological polar surface area (TPSA) is 72.3 Å². The first-order valence-corrected chi connectivity index (χ1v) is 8.68. The van der Waals surface area contributed by atoms with Crippen LogP contribution in [0.1, 0.15) is 41.9 Å². The largest absolute Gasteiger partial charge is 0.465 e. The summed E-state index contributed by atoms with van der Waals surface area (Å²) in [6.45, 7) is 4.30. The van der Waals surface area contributed by atoms with Crippen molar-refractivity contribution in [2.75, 3.05) is 32.6 Å². The van der Waals surface area contributed by atoms with Gasteiger partial charge >= 0.3 is 5.97 Å². The molecule has 2 aromatic heterocycles. The summed E-state index contributed by atoms with van der Waals surface area (Å²) < 4.78 is 6.99. The van der Waals surface area contributed by atoms with Crippen molar-refractivity contribution in [3.8, 4) is 0 Å². The molecule has 0 bridgehead atoms. The monoisotopic (exact) mass is 343 g/mol. The van der Waals surface area contributed by atoms with Gasteiger partial charge in [0.15, 0.2) is 0 Å². The summed E-state index contributed by atoms with van der Waals surface area (Å²) in [6, 6.07) is 2.08. The first-order valence-electron chi connectivity index (χ1n) is 8.68. The van der Waals surface area contributed by atoms with E-state index in [2.05, 4.69) is 39.0 Å². The molecular formula is C18H25N5O2. The fraction of sp³-hybridized carbons (Fsp3) is 0.500. The molecule has 0 radical (unpaired) electrons. The number of hydrogen-bond donors (Lipinski definition) is 1. The summed E-state index contributed by atoms with van der Waals surface area (Å²) in [5.41, 5.74) is 3.16. The molecule has 0 amide bonds. The Hall–Kier alpha value is -2.41. The molecule has 1 saturated heterocycles. The molecule has 2 aromatic rings. The number of methoxy groups -OCH3 is 1. The second-order valence-corrected chi connectivity index (χ2v) is 6.38. The first kappa shape index (κ1) is 17.4. The SMILES string of the molecule is CCc1c(Nc2cnccc2C(=O)OC)cnn1C1CCN(C)CC1. The number of esters is 1. The molecule has 0 spiro atoms. The molecule has 134 valence electrons. The van der Waals surface area contributed by atoms with E-state index in [-0.39, 0.29) is 5.97 Å². The van der Waals surface area contributed by atoms with Crippen molar-refractivity contribution >= 4 is 17.3 Å². The summed E-state index contributed by atoms with van der Waals surface area (Å²) >= 11 is 0. The van der Waals surface area contributed by atoms with Crippen molar-refractivity contribution in [3.63, 3.8) is 0 Å². The van der Waals surface area contributed by atoms with Crippen molar-refractivity contribution < 1.29 is 9.53 Å². The second-order valence-electron chi connectivity index (χ2n) is 6.38.